The lowest BCUT2D eigenvalue weighted by Gasteiger charge is -1.99. The van der Waals surface area contributed by atoms with Crippen LogP contribution < -0.4 is 0 Å². The first kappa shape index (κ1) is 9.17. The molecule has 0 aliphatic carbocycles. The first-order valence-corrected chi connectivity index (χ1v) is 4.58. The SMILES string of the molecule is N#CC(C(=O)CCl)c1nccs1. The minimum Gasteiger partial charge on any atom is -0.296 e. The van der Waals surface area contributed by atoms with E-state index in [4.69, 9.17) is 16.9 Å². The highest BCUT2D eigenvalue weighted by atomic mass is 35.5. The molecule has 0 amide bonds. The van der Waals surface area contributed by atoms with Crippen molar-refractivity contribution in [2.24, 2.45) is 0 Å². The number of thiazole rings is 1. The van der Waals surface area contributed by atoms with Gasteiger partial charge in [-0.1, -0.05) is 0 Å². The Labute approximate surface area is 78.6 Å². The number of hydrogen-bond donors (Lipinski definition) is 0. The lowest BCUT2D eigenvalue weighted by molar-refractivity contribution is -0.117. The van der Waals surface area contributed by atoms with E-state index in [9.17, 15) is 4.79 Å². The second-order valence-corrected chi connectivity index (χ2v) is 3.23. The summed E-state index contributed by atoms with van der Waals surface area (Å²) in [5.41, 5.74) is 0. The van der Waals surface area contributed by atoms with Gasteiger partial charge < -0.3 is 0 Å². The molecule has 0 N–H and O–H groups in total. The standard InChI is InChI=1S/C7H5ClN2OS/c8-3-6(11)5(4-9)7-10-1-2-12-7/h1-2,5H,3H2. The number of carbonyl (C=O) groups excluding carboxylic acids is 1. The minimum atomic E-state index is -0.789. The highest BCUT2D eigenvalue weighted by molar-refractivity contribution is 7.09. The molecule has 0 aliphatic rings. The van der Waals surface area contributed by atoms with Crippen LogP contribution in [-0.4, -0.2) is 16.6 Å². The molecular weight excluding hydrogens is 196 g/mol. The quantitative estimate of drug-likeness (QED) is 0.696. The van der Waals surface area contributed by atoms with Crippen LogP contribution in [0.1, 0.15) is 10.9 Å². The molecule has 1 aromatic rings. The van der Waals surface area contributed by atoms with Gasteiger partial charge in [0.2, 0.25) is 0 Å². The third kappa shape index (κ3) is 1.81. The maximum atomic E-state index is 11.1. The Morgan fingerprint density at radius 3 is 3.08 bits per heavy atom. The summed E-state index contributed by atoms with van der Waals surface area (Å²) in [5, 5.41) is 10.9. The molecule has 0 fully saturated rings. The van der Waals surface area contributed by atoms with E-state index in [-0.39, 0.29) is 11.7 Å². The monoisotopic (exact) mass is 200 g/mol. The largest absolute Gasteiger partial charge is 0.296 e. The van der Waals surface area contributed by atoms with Crippen molar-refractivity contribution in [3.05, 3.63) is 16.6 Å². The van der Waals surface area contributed by atoms with Crippen molar-refractivity contribution in [2.75, 3.05) is 5.88 Å². The molecular formula is C7H5ClN2OS. The Morgan fingerprint density at radius 1 is 1.92 bits per heavy atom. The maximum absolute atomic E-state index is 11.1. The number of hydrogen-bond acceptors (Lipinski definition) is 4. The van der Waals surface area contributed by atoms with Gasteiger partial charge in [-0.15, -0.1) is 22.9 Å². The molecule has 0 saturated carbocycles. The van der Waals surface area contributed by atoms with Gasteiger partial charge >= 0.3 is 0 Å². The second-order valence-electron chi connectivity index (χ2n) is 2.03. The number of nitriles is 1. The van der Waals surface area contributed by atoms with Crippen LogP contribution >= 0.6 is 22.9 Å². The topological polar surface area (TPSA) is 53.8 Å². The third-order valence-electron chi connectivity index (χ3n) is 1.28. The summed E-state index contributed by atoms with van der Waals surface area (Å²) < 4.78 is 0. The number of carbonyl (C=O) groups is 1. The molecule has 62 valence electrons. The van der Waals surface area contributed by atoms with Crippen molar-refractivity contribution in [1.29, 1.82) is 5.26 Å². The fraction of sp³-hybridized carbons (Fsp3) is 0.286. The first-order chi connectivity index (χ1) is 5.79. The van der Waals surface area contributed by atoms with Crippen LogP contribution in [0.5, 0.6) is 0 Å². The third-order valence-corrected chi connectivity index (χ3v) is 2.38. The minimum absolute atomic E-state index is 0.141. The van der Waals surface area contributed by atoms with Crippen LogP contribution in [0.15, 0.2) is 11.6 Å². The van der Waals surface area contributed by atoms with Crippen LogP contribution in [-0.2, 0) is 4.79 Å². The highest BCUT2D eigenvalue weighted by Crippen LogP contribution is 2.18. The molecule has 1 unspecified atom stereocenters. The van der Waals surface area contributed by atoms with E-state index in [0.717, 1.165) is 0 Å². The van der Waals surface area contributed by atoms with Gasteiger partial charge in [0.25, 0.3) is 0 Å². The van der Waals surface area contributed by atoms with Crippen molar-refractivity contribution < 1.29 is 4.79 Å². The zero-order valence-electron chi connectivity index (χ0n) is 6.03. The van der Waals surface area contributed by atoms with Gasteiger partial charge in [0.05, 0.1) is 11.9 Å². The smallest absolute Gasteiger partial charge is 0.171 e. The van der Waals surface area contributed by atoms with Gasteiger partial charge in [0, 0.05) is 11.6 Å². The van der Waals surface area contributed by atoms with Gasteiger partial charge in [-0.05, 0) is 0 Å². The second kappa shape index (κ2) is 4.19. The highest BCUT2D eigenvalue weighted by Gasteiger charge is 2.20. The molecule has 0 spiro atoms. The van der Waals surface area contributed by atoms with Crippen LogP contribution in [0.3, 0.4) is 0 Å². The summed E-state index contributed by atoms with van der Waals surface area (Å²) in [7, 11) is 0. The number of Topliss-reactive ketones (excluding diaryl/α,β-unsaturated/α-hetero) is 1. The van der Waals surface area contributed by atoms with Crippen LogP contribution in [0.2, 0.25) is 0 Å². The van der Waals surface area contributed by atoms with Crippen LogP contribution in [0.4, 0.5) is 0 Å². The summed E-state index contributed by atoms with van der Waals surface area (Å²) in [4.78, 5) is 14.9. The number of rotatable bonds is 3. The number of alkyl halides is 1. The normalized spacial score (nSPS) is 12.0. The van der Waals surface area contributed by atoms with Gasteiger partial charge in [0.15, 0.2) is 11.7 Å². The average molecular weight is 201 g/mol. The van der Waals surface area contributed by atoms with Gasteiger partial charge in [-0.2, -0.15) is 5.26 Å². The lowest BCUT2D eigenvalue weighted by atomic mass is 10.1. The number of aromatic nitrogens is 1. The number of nitrogens with zero attached hydrogens (tertiary/aromatic N) is 2. The van der Waals surface area contributed by atoms with E-state index in [1.165, 1.54) is 11.3 Å². The molecule has 12 heavy (non-hydrogen) atoms. The Hall–Kier alpha value is -0.920. The fourth-order valence-electron chi connectivity index (χ4n) is 0.719. The first-order valence-electron chi connectivity index (χ1n) is 3.17. The average Bonchev–Trinajstić information content (AvgIpc) is 2.58. The summed E-state index contributed by atoms with van der Waals surface area (Å²) in [6.45, 7) is 0. The maximum Gasteiger partial charge on any atom is 0.171 e. The van der Waals surface area contributed by atoms with Crippen molar-refractivity contribution in [1.82, 2.24) is 4.98 Å². The Bertz CT molecular complexity index is 304. The summed E-state index contributed by atoms with van der Waals surface area (Å²) >= 11 is 6.60. The predicted octanol–water partition coefficient (Wildman–Crippen LogP) is 1.56. The van der Waals surface area contributed by atoms with E-state index in [2.05, 4.69) is 4.98 Å². The number of ketones is 1. The van der Waals surface area contributed by atoms with Gasteiger partial charge in [0.1, 0.15) is 5.01 Å². The molecule has 1 aromatic heterocycles. The zero-order valence-corrected chi connectivity index (χ0v) is 7.60. The summed E-state index contributed by atoms with van der Waals surface area (Å²) in [5.74, 6) is -1.23. The van der Waals surface area contributed by atoms with Crippen LogP contribution in [0, 0.1) is 11.3 Å². The fourth-order valence-corrected chi connectivity index (χ4v) is 1.58. The molecule has 0 aromatic carbocycles. The van der Waals surface area contributed by atoms with Crippen molar-refractivity contribution >= 4 is 28.7 Å². The molecule has 0 aliphatic heterocycles. The molecule has 5 heteroatoms. The van der Waals surface area contributed by atoms with E-state index in [1.807, 2.05) is 6.07 Å². The number of halogens is 1. The Balaban J connectivity index is 2.86. The van der Waals surface area contributed by atoms with E-state index < -0.39 is 5.92 Å². The van der Waals surface area contributed by atoms with Crippen molar-refractivity contribution in [3.8, 4) is 6.07 Å². The van der Waals surface area contributed by atoms with Crippen LogP contribution in [0.25, 0.3) is 0 Å². The Morgan fingerprint density at radius 2 is 2.67 bits per heavy atom. The molecule has 1 rings (SSSR count). The predicted molar refractivity (Wildman–Crippen MR) is 46.2 cm³/mol. The van der Waals surface area contributed by atoms with Crippen molar-refractivity contribution in [2.45, 2.75) is 5.92 Å². The van der Waals surface area contributed by atoms with E-state index in [1.54, 1.807) is 11.6 Å². The molecule has 0 radical (unpaired) electrons. The molecule has 1 atom stereocenters. The Kier molecular flexibility index (Phi) is 3.20. The summed E-state index contributed by atoms with van der Waals surface area (Å²) in [6.07, 6.45) is 1.56. The molecule has 3 nitrogen and oxygen atoms in total. The lowest BCUT2D eigenvalue weighted by Crippen LogP contribution is -2.11. The molecule has 0 saturated heterocycles. The van der Waals surface area contributed by atoms with E-state index in [0.29, 0.717) is 5.01 Å². The zero-order chi connectivity index (χ0) is 8.97. The van der Waals surface area contributed by atoms with Gasteiger partial charge in [-0.25, -0.2) is 4.98 Å². The molecule has 0 bridgehead atoms. The molecule has 1 heterocycles. The van der Waals surface area contributed by atoms with Crippen molar-refractivity contribution in [3.63, 3.8) is 0 Å². The summed E-state index contributed by atoms with van der Waals surface area (Å²) in [6, 6.07) is 1.87. The van der Waals surface area contributed by atoms with E-state index >= 15 is 0 Å². The van der Waals surface area contributed by atoms with Gasteiger partial charge in [-0.3, -0.25) is 4.79 Å².